The van der Waals surface area contributed by atoms with Crippen molar-refractivity contribution in [1.29, 1.82) is 0 Å². The fourth-order valence-corrected chi connectivity index (χ4v) is 2.98. The van der Waals surface area contributed by atoms with E-state index in [1.165, 1.54) is 12.3 Å². The third kappa shape index (κ3) is 4.50. The zero-order valence-corrected chi connectivity index (χ0v) is 14.6. The molecule has 9 heteroatoms. The van der Waals surface area contributed by atoms with E-state index in [2.05, 4.69) is 9.97 Å². The van der Waals surface area contributed by atoms with Gasteiger partial charge in [-0.05, 0) is 23.3 Å². The Kier molecular flexibility index (Phi) is 5.24. The highest BCUT2D eigenvalue weighted by Crippen LogP contribution is 2.32. The standard InChI is InChI=1S/C18H14F3N3O2S/c19-18(20,21)16-6-5-13(8-23-16)15-7-14(9-24-17(15)22)12-3-1-11(2-4-12)10-27(25)26/h1-9H,10H2,(H2,22,24)(H,25,26)/p-1. The van der Waals surface area contributed by atoms with Crippen molar-refractivity contribution in [2.75, 3.05) is 5.73 Å². The monoisotopic (exact) mass is 392 g/mol. The van der Waals surface area contributed by atoms with Gasteiger partial charge in [0.2, 0.25) is 0 Å². The molecule has 0 spiro atoms. The van der Waals surface area contributed by atoms with Crippen LogP contribution in [0.3, 0.4) is 0 Å². The van der Waals surface area contributed by atoms with Crippen molar-refractivity contribution in [1.82, 2.24) is 9.97 Å². The van der Waals surface area contributed by atoms with Crippen molar-refractivity contribution >= 4 is 16.9 Å². The van der Waals surface area contributed by atoms with Crippen LogP contribution in [0.2, 0.25) is 0 Å². The summed E-state index contributed by atoms with van der Waals surface area (Å²) in [5.74, 6) is 0.0848. The van der Waals surface area contributed by atoms with Crippen molar-refractivity contribution in [2.45, 2.75) is 11.9 Å². The van der Waals surface area contributed by atoms with Gasteiger partial charge in [-0.15, -0.1) is 0 Å². The molecule has 2 N–H and O–H groups in total. The van der Waals surface area contributed by atoms with E-state index < -0.39 is 23.0 Å². The lowest BCUT2D eigenvalue weighted by Crippen LogP contribution is -2.07. The Hall–Kier alpha value is -2.78. The zero-order chi connectivity index (χ0) is 19.6. The predicted octanol–water partition coefficient (Wildman–Crippen LogP) is 3.79. The molecule has 0 fully saturated rings. The maximum absolute atomic E-state index is 12.7. The normalized spacial score (nSPS) is 12.7. The van der Waals surface area contributed by atoms with Crippen molar-refractivity contribution in [2.24, 2.45) is 0 Å². The van der Waals surface area contributed by atoms with E-state index >= 15 is 0 Å². The molecular weight excluding hydrogens is 379 g/mol. The predicted molar refractivity (Wildman–Crippen MR) is 94.9 cm³/mol. The number of nitrogen functional groups attached to an aromatic ring is 1. The number of hydrogen-bond donors (Lipinski definition) is 1. The Morgan fingerprint density at radius 2 is 1.59 bits per heavy atom. The molecule has 0 saturated carbocycles. The van der Waals surface area contributed by atoms with Gasteiger partial charge in [-0.3, -0.25) is 9.19 Å². The number of nitrogens with zero attached hydrogens (tertiary/aromatic N) is 2. The van der Waals surface area contributed by atoms with Gasteiger partial charge in [-0.2, -0.15) is 13.2 Å². The molecule has 0 amide bonds. The first-order valence-electron chi connectivity index (χ1n) is 7.68. The smallest absolute Gasteiger partial charge is 0.433 e. The van der Waals surface area contributed by atoms with E-state index in [1.54, 1.807) is 30.3 Å². The van der Waals surface area contributed by atoms with Crippen molar-refractivity contribution in [3.05, 3.63) is 66.1 Å². The first kappa shape index (κ1) is 19.0. The van der Waals surface area contributed by atoms with Gasteiger partial charge in [0.25, 0.3) is 0 Å². The molecule has 5 nitrogen and oxygen atoms in total. The zero-order valence-electron chi connectivity index (χ0n) is 13.7. The fourth-order valence-electron chi connectivity index (χ4n) is 2.51. The summed E-state index contributed by atoms with van der Waals surface area (Å²) in [7, 11) is 0. The quantitative estimate of drug-likeness (QED) is 0.682. The van der Waals surface area contributed by atoms with Crippen molar-refractivity contribution in [3.63, 3.8) is 0 Å². The minimum absolute atomic E-state index is 0.0806. The summed E-state index contributed by atoms with van der Waals surface area (Å²) >= 11 is -2.17. The first-order chi connectivity index (χ1) is 12.7. The molecule has 27 heavy (non-hydrogen) atoms. The molecule has 0 saturated heterocycles. The van der Waals surface area contributed by atoms with Crippen LogP contribution in [0.15, 0.2) is 54.9 Å². The van der Waals surface area contributed by atoms with Gasteiger partial charge < -0.3 is 10.3 Å². The molecule has 0 radical (unpaired) electrons. The number of halogens is 3. The number of nitrogens with two attached hydrogens (primary N) is 1. The maximum atomic E-state index is 12.7. The van der Waals surface area contributed by atoms with Crippen LogP contribution in [0.25, 0.3) is 22.3 Å². The number of rotatable bonds is 4. The number of pyridine rings is 2. The average Bonchev–Trinajstić information content (AvgIpc) is 2.62. The molecule has 1 aromatic carbocycles. The lowest BCUT2D eigenvalue weighted by Gasteiger charge is -2.11. The van der Waals surface area contributed by atoms with Crippen LogP contribution in [-0.2, 0) is 23.0 Å². The van der Waals surface area contributed by atoms with Gasteiger partial charge in [0.05, 0.1) is 0 Å². The van der Waals surface area contributed by atoms with Gasteiger partial charge in [0, 0.05) is 34.8 Å². The number of anilines is 1. The molecule has 0 aliphatic heterocycles. The lowest BCUT2D eigenvalue weighted by molar-refractivity contribution is -0.141. The molecule has 0 aliphatic rings. The number of aromatic nitrogens is 2. The third-order valence-electron chi connectivity index (χ3n) is 3.86. The van der Waals surface area contributed by atoms with Gasteiger partial charge in [-0.25, -0.2) is 4.98 Å². The highest BCUT2D eigenvalue weighted by molar-refractivity contribution is 7.78. The minimum atomic E-state index is -4.51. The molecule has 2 heterocycles. The van der Waals surface area contributed by atoms with E-state index in [4.69, 9.17) is 5.73 Å². The Labute approximate surface area is 155 Å². The number of alkyl halides is 3. The molecule has 2 aromatic heterocycles. The average molecular weight is 392 g/mol. The van der Waals surface area contributed by atoms with Gasteiger partial charge in [0.1, 0.15) is 11.5 Å². The molecule has 0 bridgehead atoms. The molecule has 3 aromatic rings. The van der Waals surface area contributed by atoms with Crippen LogP contribution >= 0.6 is 0 Å². The SMILES string of the molecule is Nc1ncc(-c2ccc(CS(=O)[O-])cc2)cc1-c1ccc(C(F)(F)F)nc1. The van der Waals surface area contributed by atoms with Crippen LogP contribution in [0, 0.1) is 0 Å². The molecule has 0 aliphatic carbocycles. The molecule has 1 unspecified atom stereocenters. The van der Waals surface area contributed by atoms with E-state index in [9.17, 15) is 21.9 Å². The highest BCUT2D eigenvalue weighted by Gasteiger charge is 2.32. The molecule has 3 rings (SSSR count). The highest BCUT2D eigenvalue weighted by atomic mass is 32.2. The fraction of sp³-hybridized carbons (Fsp3) is 0.111. The Morgan fingerprint density at radius 3 is 2.15 bits per heavy atom. The lowest BCUT2D eigenvalue weighted by atomic mass is 10.0. The third-order valence-corrected chi connectivity index (χ3v) is 4.42. The Balaban J connectivity index is 1.94. The van der Waals surface area contributed by atoms with Crippen LogP contribution in [0.1, 0.15) is 11.3 Å². The van der Waals surface area contributed by atoms with E-state index in [0.717, 1.165) is 17.8 Å². The summed E-state index contributed by atoms with van der Waals surface area (Å²) in [6, 6.07) is 10.7. The topological polar surface area (TPSA) is 91.9 Å². The summed E-state index contributed by atoms with van der Waals surface area (Å²) in [6.07, 6.45) is -1.87. The first-order valence-corrected chi connectivity index (χ1v) is 8.93. The second-order valence-corrected chi connectivity index (χ2v) is 6.63. The maximum Gasteiger partial charge on any atom is 0.433 e. The largest absolute Gasteiger partial charge is 0.772 e. The van der Waals surface area contributed by atoms with Crippen LogP contribution < -0.4 is 5.73 Å². The summed E-state index contributed by atoms with van der Waals surface area (Å²) < 4.78 is 59.5. The summed E-state index contributed by atoms with van der Waals surface area (Å²) in [5, 5.41) is 0. The van der Waals surface area contributed by atoms with Gasteiger partial charge >= 0.3 is 6.18 Å². The van der Waals surface area contributed by atoms with Gasteiger partial charge in [-0.1, -0.05) is 41.4 Å². The second kappa shape index (κ2) is 7.45. The van der Waals surface area contributed by atoms with E-state index in [0.29, 0.717) is 22.3 Å². The molecular formula is C18H13F3N3O2S-. The summed E-state index contributed by atoms with van der Waals surface area (Å²) in [4.78, 5) is 7.55. The van der Waals surface area contributed by atoms with E-state index in [1.807, 2.05) is 0 Å². The van der Waals surface area contributed by atoms with Crippen molar-refractivity contribution < 1.29 is 21.9 Å². The summed E-state index contributed by atoms with van der Waals surface area (Å²) in [5.41, 5.74) is 7.85. The minimum Gasteiger partial charge on any atom is -0.772 e. The summed E-state index contributed by atoms with van der Waals surface area (Å²) in [6.45, 7) is 0. The van der Waals surface area contributed by atoms with Crippen LogP contribution in [-0.4, -0.2) is 18.7 Å². The Morgan fingerprint density at radius 1 is 0.963 bits per heavy atom. The van der Waals surface area contributed by atoms with Crippen LogP contribution in [0.4, 0.5) is 19.0 Å². The van der Waals surface area contributed by atoms with E-state index in [-0.39, 0.29) is 11.6 Å². The van der Waals surface area contributed by atoms with Gasteiger partial charge in [0.15, 0.2) is 0 Å². The Bertz CT molecular complexity index is 975. The second-order valence-electron chi connectivity index (χ2n) is 5.73. The number of benzene rings is 1. The molecule has 1 atom stereocenters. The van der Waals surface area contributed by atoms with Crippen LogP contribution in [0.5, 0.6) is 0 Å². The number of hydrogen-bond acceptors (Lipinski definition) is 5. The molecule has 140 valence electrons. The van der Waals surface area contributed by atoms with Crippen molar-refractivity contribution in [3.8, 4) is 22.3 Å².